The van der Waals surface area contributed by atoms with Gasteiger partial charge in [-0.2, -0.15) is 4.31 Å². The molecule has 0 unspecified atom stereocenters. The lowest BCUT2D eigenvalue weighted by Gasteiger charge is -2.26. The molecule has 1 N–H and O–H groups in total. The summed E-state index contributed by atoms with van der Waals surface area (Å²) in [7, 11) is -1.99. The van der Waals surface area contributed by atoms with Crippen molar-refractivity contribution < 1.29 is 22.7 Å². The van der Waals surface area contributed by atoms with Crippen molar-refractivity contribution in [3.05, 3.63) is 90.0 Å². The number of hydrogen-bond acceptors (Lipinski definition) is 5. The average Bonchev–Trinajstić information content (AvgIpc) is 2.89. The molecule has 3 aromatic carbocycles. The van der Waals surface area contributed by atoms with E-state index >= 15 is 0 Å². The van der Waals surface area contributed by atoms with Gasteiger partial charge in [0.25, 0.3) is 5.91 Å². The van der Waals surface area contributed by atoms with E-state index in [1.165, 1.54) is 16.4 Å². The summed E-state index contributed by atoms with van der Waals surface area (Å²) in [6.45, 7) is 1.43. The first-order valence-corrected chi connectivity index (χ1v) is 12.3. The number of morpholine rings is 1. The van der Waals surface area contributed by atoms with Crippen molar-refractivity contribution in [1.29, 1.82) is 0 Å². The molecule has 0 spiro atoms. The second-order valence-corrected chi connectivity index (χ2v) is 9.63. The molecule has 1 saturated heterocycles. The monoisotopic (exact) mass is 478 g/mol. The number of methoxy groups -OCH3 is 1. The lowest BCUT2D eigenvalue weighted by Crippen LogP contribution is -2.40. The highest BCUT2D eigenvalue weighted by molar-refractivity contribution is 7.89. The topological polar surface area (TPSA) is 84.9 Å². The summed E-state index contributed by atoms with van der Waals surface area (Å²) >= 11 is 0. The first kappa shape index (κ1) is 23.7. The van der Waals surface area contributed by atoms with Crippen LogP contribution in [0, 0.1) is 0 Å². The minimum absolute atomic E-state index is 0.185. The highest BCUT2D eigenvalue weighted by Gasteiger charge is 2.26. The second-order valence-electron chi connectivity index (χ2n) is 7.69. The van der Waals surface area contributed by atoms with Crippen molar-refractivity contribution in [2.75, 3.05) is 38.7 Å². The standard InChI is InChI=1S/C26H26N2O5S/c1-32-23-11-7-20(8-12-23)19-25(21-5-3-2-4-6-21)26(29)27-22-9-13-24(14-10-22)34(30,31)28-15-17-33-18-16-28/h2-14,19H,15-18H2,1H3,(H,27,29)/b25-19+. The molecule has 0 aliphatic carbocycles. The van der Waals surface area contributed by atoms with Crippen LogP contribution in [0.1, 0.15) is 11.1 Å². The lowest BCUT2D eigenvalue weighted by molar-refractivity contribution is -0.111. The van der Waals surface area contributed by atoms with Crippen molar-refractivity contribution in [3.63, 3.8) is 0 Å². The third kappa shape index (κ3) is 5.53. The van der Waals surface area contributed by atoms with Crippen LogP contribution in [0.2, 0.25) is 0 Å². The highest BCUT2D eigenvalue weighted by Crippen LogP contribution is 2.24. The van der Waals surface area contributed by atoms with Gasteiger partial charge in [-0.05, 0) is 53.6 Å². The predicted octanol–water partition coefficient (Wildman–Crippen LogP) is 3.90. The SMILES string of the molecule is COc1ccc(/C=C(/C(=O)Nc2ccc(S(=O)(=O)N3CCOCC3)cc2)c2ccccc2)cc1. The van der Waals surface area contributed by atoms with E-state index in [-0.39, 0.29) is 10.8 Å². The number of anilines is 1. The van der Waals surface area contributed by atoms with Crippen LogP contribution in [0.3, 0.4) is 0 Å². The van der Waals surface area contributed by atoms with Crippen molar-refractivity contribution in [1.82, 2.24) is 4.31 Å². The first-order chi connectivity index (χ1) is 16.5. The molecule has 0 atom stereocenters. The first-order valence-electron chi connectivity index (χ1n) is 10.9. The molecule has 7 nitrogen and oxygen atoms in total. The van der Waals surface area contributed by atoms with Gasteiger partial charge >= 0.3 is 0 Å². The normalized spacial score (nSPS) is 15.0. The molecule has 0 radical (unpaired) electrons. The summed E-state index contributed by atoms with van der Waals surface area (Å²) in [5.74, 6) is 0.431. The summed E-state index contributed by atoms with van der Waals surface area (Å²) in [6, 6.07) is 23.0. The Hall–Kier alpha value is -3.46. The molecule has 1 aliphatic heterocycles. The van der Waals surface area contributed by atoms with Crippen molar-refractivity contribution in [2.45, 2.75) is 4.90 Å². The maximum Gasteiger partial charge on any atom is 0.256 e. The molecular weight excluding hydrogens is 452 g/mol. The molecule has 1 amide bonds. The number of rotatable bonds is 7. The Balaban J connectivity index is 1.56. The molecule has 0 bridgehead atoms. The number of carbonyl (C=O) groups excluding carboxylic acids is 1. The number of carbonyl (C=O) groups is 1. The Labute approximate surface area is 199 Å². The Bertz CT molecular complexity index is 1250. The van der Waals surface area contributed by atoms with Gasteiger partial charge in [0.05, 0.1) is 25.2 Å². The maximum absolute atomic E-state index is 13.2. The van der Waals surface area contributed by atoms with Crippen molar-refractivity contribution in [3.8, 4) is 5.75 Å². The summed E-state index contributed by atoms with van der Waals surface area (Å²) in [5, 5.41) is 2.88. The number of nitrogens with zero attached hydrogens (tertiary/aromatic N) is 1. The fourth-order valence-electron chi connectivity index (χ4n) is 3.61. The van der Waals surface area contributed by atoms with Crippen LogP contribution in [0.4, 0.5) is 5.69 Å². The molecule has 176 valence electrons. The molecule has 0 aromatic heterocycles. The van der Waals surface area contributed by atoms with Crippen LogP contribution >= 0.6 is 0 Å². The zero-order chi connectivity index (χ0) is 24.0. The Morgan fingerprint density at radius 3 is 2.21 bits per heavy atom. The van der Waals surface area contributed by atoms with Gasteiger partial charge in [-0.15, -0.1) is 0 Å². The summed E-state index contributed by atoms with van der Waals surface area (Å²) < 4.78 is 37.5. The summed E-state index contributed by atoms with van der Waals surface area (Å²) in [5.41, 5.74) is 2.60. The van der Waals surface area contributed by atoms with Crippen LogP contribution in [0.25, 0.3) is 11.6 Å². The van der Waals surface area contributed by atoms with Crippen LogP contribution in [-0.4, -0.2) is 52.0 Å². The smallest absolute Gasteiger partial charge is 0.256 e. The van der Waals surface area contributed by atoms with Gasteiger partial charge in [0.1, 0.15) is 5.75 Å². The number of benzene rings is 3. The van der Waals surface area contributed by atoms with E-state index in [9.17, 15) is 13.2 Å². The third-order valence-corrected chi connectivity index (χ3v) is 7.39. The molecule has 4 rings (SSSR count). The van der Waals surface area contributed by atoms with Gasteiger partial charge in [0.15, 0.2) is 0 Å². The minimum Gasteiger partial charge on any atom is -0.497 e. The van der Waals surface area contributed by atoms with Gasteiger partial charge < -0.3 is 14.8 Å². The molecule has 8 heteroatoms. The van der Waals surface area contributed by atoms with E-state index in [4.69, 9.17) is 9.47 Å². The molecule has 1 fully saturated rings. The number of hydrogen-bond donors (Lipinski definition) is 1. The highest BCUT2D eigenvalue weighted by atomic mass is 32.2. The number of ether oxygens (including phenoxy) is 2. The van der Waals surface area contributed by atoms with Crippen LogP contribution in [0.5, 0.6) is 5.75 Å². The molecule has 1 heterocycles. The Kier molecular flexibility index (Phi) is 7.42. The minimum atomic E-state index is -3.59. The van der Waals surface area contributed by atoms with Crippen molar-refractivity contribution >= 4 is 33.3 Å². The average molecular weight is 479 g/mol. The number of nitrogens with one attached hydrogen (secondary N) is 1. The van der Waals surface area contributed by atoms with Gasteiger partial charge in [-0.1, -0.05) is 42.5 Å². The number of sulfonamides is 1. The molecule has 3 aromatic rings. The quantitative estimate of drug-likeness (QED) is 0.411. The van der Waals surface area contributed by atoms with E-state index in [0.29, 0.717) is 37.6 Å². The molecule has 1 aliphatic rings. The molecule has 0 saturated carbocycles. The van der Waals surface area contributed by atoms with E-state index in [1.807, 2.05) is 54.6 Å². The van der Waals surface area contributed by atoms with E-state index < -0.39 is 10.0 Å². The van der Waals surface area contributed by atoms with E-state index in [0.717, 1.165) is 16.9 Å². The molecular formula is C26H26N2O5S. The Morgan fingerprint density at radius 2 is 1.59 bits per heavy atom. The van der Waals surface area contributed by atoms with Gasteiger partial charge in [-0.3, -0.25) is 4.79 Å². The lowest BCUT2D eigenvalue weighted by atomic mass is 10.0. The Morgan fingerprint density at radius 1 is 0.941 bits per heavy atom. The largest absolute Gasteiger partial charge is 0.497 e. The summed E-state index contributed by atoms with van der Waals surface area (Å²) in [4.78, 5) is 13.4. The fraction of sp³-hybridized carbons (Fsp3) is 0.192. The van der Waals surface area contributed by atoms with Crippen LogP contribution in [-0.2, 0) is 19.6 Å². The zero-order valence-corrected chi connectivity index (χ0v) is 19.6. The maximum atomic E-state index is 13.2. The zero-order valence-electron chi connectivity index (χ0n) is 18.8. The summed E-state index contributed by atoms with van der Waals surface area (Å²) in [6.07, 6.45) is 1.81. The van der Waals surface area contributed by atoms with Crippen molar-refractivity contribution in [2.24, 2.45) is 0 Å². The number of amides is 1. The van der Waals surface area contributed by atoms with Crippen LogP contribution in [0.15, 0.2) is 83.8 Å². The van der Waals surface area contributed by atoms with Gasteiger partial charge in [0, 0.05) is 24.4 Å². The van der Waals surface area contributed by atoms with Gasteiger partial charge in [0.2, 0.25) is 10.0 Å². The van der Waals surface area contributed by atoms with E-state index in [2.05, 4.69) is 5.32 Å². The fourth-order valence-corrected chi connectivity index (χ4v) is 5.02. The van der Waals surface area contributed by atoms with Crippen LogP contribution < -0.4 is 10.1 Å². The second kappa shape index (κ2) is 10.6. The molecule has 34 heavy (non-hydrogen) atoms. The van der Waals surface area contributed by atoms with Gasteiger partial charge in [-0.25, -0.2) is 8.42 Å². The third-order valence-electron chi connectivity index (χ3n) is 5.48. The predicted molar refractivity (Wildman–Crippen MR) is 132 cm³/mol. The van der Waals surface area contributed by atoms with E-state index in [1.54, 1.807) is 25.3 Å².